The van der Waals surface area contributed by atoms with Crippen LogP contribution in [0.3, 0.4) is 0 Å². The Morgan fingerprint density at radius 3 is 3.20 bits per heavy atom. The summed E-state index contributed by atoms with van der Waals surface area (Å²) in [4.78, 5) is 2.32. The van der Waals surface area contributed by atoms with Crippen molar-refractivity contribution in [1.82, 2.24) is 15.5 Å². The number of anilines is 1. The number of hydrogen-bond donors (Lipinski definition) is 1. The van der Waals surface area contributed by atoms with Crippen LogP contribution in [-0.4, -0.2) is 36.9 Å². The molecule has 4 heteroatoms. The fraction of sp³-hybridized carbons (Fsp3) is 0.636. The van der Waals surface area contributed by atoms with Crippen LogP contribution in [0.25, 0.3) is 0 Å². The zero-order valence-corrected chi connectivity index (χ0v) is 9.40. The maximum atomic E-state index is 4.17. The minimum Gasteiger partial charge on any atom is -0.355 e. The lowest BCUT2D eigenvalue weighted by Crippen LogP contribution is -2.25. The van der Waals surface area contributed by atoms with Crippen molar-refractivity contribution in [2.45, 2.75) is 13.3 Å². The molecule has 15 heavy (non-hydrogen) atoms. The molecule has 1 aromatic heterocycles. The minimum absolute atomic E-state index is 0.748. The van der Waals surface area contributed by atoms with Gasteiger partial charge >= 0.3 is 0 Å². The highest BCUT2D eigenvalue weighted by Crippen LogP contribution is 2.21. The average molecular weight is 206 g/mol. The molecule has 2 rings (SSSR count). The van der Waals surface area contributed by atoms with Crippen LogP contribution >= 0.6 is 0 Å². The number of rotatable bonds is 3. The van der Waals surface area contributed by atoms with Crippen molar-refractivity contribution in [1.29, 1.82) is 0 Å². The van der Waals surface area contributed by atoms with Crippen LogP contribution < -0.4 is 10.2 Å². The van der Waals surface area contributed by atoms with E-state index in [0.717, 1.165) is 31.4 Å². The molecule has 1 aliphatic rings. The second kappa shape index (κ2) is 4.57. The highest BCUT2D eigenvalue weighted by molar-refractivity contribution is 5.40. The smallest absolute Gasteiger partial charge is 0.151 e. The highest BCUT2D eigenvalue weighted by Gasteiger charge is 2.22. The Hall–Kier alpha value is -1.16. The van der Waals surface area contributed by atoms with Crippen LogP contribution in [0, 0.1) is 12.8 Å². The van der Waals surface area contributed by atoms with Gasteiger partial charge in [-0.05, 0) is 44.5 Å². The van der Waals surface area contributed by atoms with E-state index in [2.05, 4.69) is 33.4 Å². The van der Waals surface area contributed by atoms with Crippen LogP contribution in [0.4, 0.5) is 5.82 Å². The van der Waals surface area contributed by atoms with Crippen molar-refractivity contribution in [3.05, 3.63) is 17.8 Å². The van der Waals surface area contributed by atoms with Crippen molar-refractivity contribution in [2.24, 2.45) is 5.92 Å². The Labute approximate surface area is 90.7 Å². The number of nitrogens with zero attached hydrogens (tertiary/aromatic N) is 3. The Balaban J connectivity index is 2.01. The molecule has 0 aliphatic carbocycles. The molecule has 2 heterocycles. The third-order valence-corrected chi connectivity index (χ3v) is 2.88. The molecule has 0 radical (unpaired) electrons. The maximum absolute atomic E-state index is 4.17. The molecular weight excluding hydrogens is 188 g/mol. The van der Waals surface area contributed by atoms with E-state index in [1.54, 1.807) is 6.20 Å². The second-order valence-electron chi connectivity index (χ2n) is 4.25. The zero-order chi connectivity index (χ0) is 10.7. The van der Waals surface area contributed by atoms with Gasteiger partial charge in [0, 0.05) is 13.1 Å². The lowest BCUT2D eigenvalue weighted by Gasteiger charge is -2.16. The summed E-state index contributed by atoms with van der Waals surface area (Å²) in [7, 11) is 2.01. The first-order valence-corrected chi connectivity index (χ1v) is 5.48. The molecule has 0 aromatic carbocycles. The van der Waals surface area contributed by atoms with Gasteiger partial charge in [0.05, 0.1) is 6.20 Å². The van der Waals surface area contributed by atoms with E-state index >= 15 is 0 Å². The van der Waals surface area contributed by atoms with Gasteiger partial charge in [-0.1, -0.05) is 0 Å². The second-order valence-corrected chi connectivity index (χ2v) is 4.25. The number of aromatic nitrogens is 2. The van der Waals surface area contributed by atoms with E-state index in [-0.39, 0.29) is 0 Å². The van der Waals surface area contributed by atoms with Crippen LogP contribution in [0.2, 0.25) is 0 Å². The lowest BCUT2D eigenvalue weighted by molar-refractivity contribution is 0.548. The fourth-order valence-electron chi connectivity index (χ4n) is 2.10. The van der Waals surface area contributed by atoms with Gasteiger partial charge in [0.1, 0.15) is 0 Å². The number of aryl methyl sites for hydroxylation is 1. The van der Waals surface area contributed by atoms with E-state index in [0.29, 0.717) is 0 Å². The van der Waals surface area contributed by atoms with Gasteiger partial charge in [-0.15, -0.1) is 5.10 Å². The molecule has 0 spiro atoms. The Bertz CT molecular complexity index is 326. The molecule has 1 fully saturated rings. The summed E-state index contributed by atoms with van der Waals surface area (Å²) in [6, 6.07) is 2.11. The highest BCUT2D eigenvalue weighted by atomic mass is 15.3. The van der Waals surface area contributed by atoms with Gasteiger partial charge < -0.3 is 10.2 Å². The molecule has 1 aliphatic heterocycles. The summed E-state index contributed by atoms with van der Waals surface area (Å²) in [5, 5.41) is 11.4. The molecule has 1 atom stereocenters. The Morgan fingerprint density at radius 2 is 2.47 bits per heavy atom. The molecule has 1 unspecified atom stereocenters. The van der Waals surface area contributed by atoms with Crippen LogP contribution in [0.1, 0.15) is 12.0 Å². The summed E-state index contributed by atoms with van der Waals surface area (Å²) >= 11 is 0. The first-order valence-electron chi connectivity index (χ1n) is 5.48. The molecule has 4 nitrogen and oxygen atoms in total. The third-order valence-electron chi connectivity index (χ3n) is 2.88. The van der Waals surface area contributed by atoms with Gasteiger partial charge in [-0.2, -0.15) is 5.10 Å². The number of hydrogen-bond acceptors (Lipinski definition) is 4. The summed E-state index contributed by atoms with van der Waals surface area (Å²) in [5.41, 5.74) is 1.18. The lowest BCUT2D eigenvalue weighted by atomic mass is 10.1. The van der Waals surface area contributed by atoms with Gasteiger partial charge in [0.15, 0.2) is 5.82 Å². The largest absolute Gasteiger partial charge is 0.355 e. The zero-order valence-electron chi connectivity index (χ0n) is 9.40. The minimum atomic E-state index is 0.748. The maximum Gasteiger partial charge on any atom is 0.151 e. The molecule has 0 amide bonds. The summed E-state index contributed by atoms with van der Waals surface area (Å²) < 4.78 is 0. The first kappa shape index (κ1) is 10.4. The molecular formula is C11H18N4. The van der Waals surface area contributed by atoms with E-state index in [9.17, 15) is 0 Å². The Morgan fingerprint density at radius 1 is 1.60 bits per heavy atom. The average Bonchev–Trinajstić information content (AvgIpc) is 2.67. The van der Waals surface area contributed by atoms with Gasteiger partial charge in [0.2, 0.25) is 0 Å². The van der Waals surface area contributed by atoms with Gasteiger partial charge in [0.25, 0.3) is 0 Å². The topological polar surface area (TPSA) is 41.0 Å². The van der Waals surface area contributed by atoms with E-state index < -0.39 is 0 Å². The van der Waals surface area contributed by atoms with E-state index in [1.807, 2.05) is 7.05 Å². The molecule has 0 bridgehead atoms. The SMILES string of the molecule is CNCC1CCN(c2cc(C)cnn2)C1. The Kier molecular flexibility index (Phi) is 3.16. The predicted molar refractivity (Wildman–Crippen MR) is 61.0 cm³/mol. The van der Waals surface area contributed by atoms with Gasteiger partial charge in [-0.3, -0.25) is 0 Å². The molecule has 1 saturated heterocycles. The standard InChI is InChI=1S/C11H18N4/c1-9-5-11(14-13-6-9)15-4-3-10(8-15)7-12-2/h5-6,10,12H,3-4,7-8H2,1-2H3. The quantitative estimate of drug-likeness (QED) is 0.795. The molecule has 82 valence electrons. The molecule has 1 aromatic rings. The summed E-state index contributed by atoms with van der Waals surface area (Å²) in [6.07, 6.45) is 3.04. The normalized spacial score (nSPS) is 20.9. The van der Waals surface area contributed by atoms with Crippen LogP contribution in [0.15, 0.2) is 12.3 Å². The van der Waals surface area contributed by atoms with Crippen molar-refractivity contribution >= 4 is 5.82 Å². The number of nitrogens with one attached hydrogen (secondary N) is 1. The van der Waals surface area contributed by atoms with Crippen molar-refractivity contribution in [2.75, 3.05) is 31.6 Å². The van der Waals surface area contributed by atoms with Crippen molar-refractivity contribution in [3.63, 3.8) is 0 Å². The third kappa shape index (κ3) is 2.45. The summed E-state index contributed by atoms with van der Waals surface area (Å²) in [5.74, 6) is 1.77. The van der Waals surface area contributed by atoms with E-state index in [1.165, 1.54) is 12.0 Å². The van der Waals surface area contributed by atoms with Crippen molar-refractivity contribution in [3.8, 4) is 0 Å². The van der Waals surface area contributed by atoms with E-state index in [4.69, 9.17) is 0 Å². The predicted octanol–water partition coefficient (Wildman–Crippen LogP) is 0.831. The van der Waals surface area contributed by atoms with Gasteiger partial charge in [-0.25, -0.2) is 0 Å². The van der Waals surface area contributed by atoms with Crippen molar-refractivity contribution < 1.29 is 0 Å². The van der Waals surface area contributed by atoms with Crippen LogP contribution in [-0.2, 0) is 0 Å². The molecule has 1 N–H and O–H groups in total. The fourth-order valence-corrected chi connectivity index (χ4v) is 2.10. The summed E-state index contributed by atoms with van der Waals surface area (Å²) in [6.45, 7) is 5.35. The first-order chi connectivity index (χ1) is 7.29. The monoisotopic (exact) mass is 206 g/mol. The molecule has 0 saturated carbocycles. The van der Waals surface area contributed by atoms with Crippen LogP contribution in [0.5, 0.6) is 0 Å².